The van der Waals surface area contributed by atoms with Crippen molar-refractivity contribution >= 4 is 5.82 Å². The van der Waals surface area contributed by atoms with Gasteiger partial charge in [-0.05, 0) is 37.8 Å². The fraction of sp³-hybridized carbons (Fsp3) is 0.733. The van der Waals surface area contributed by atoms with Crippen LogP contribution in [-0.4, -0.2) is 34.5 Å². The third-order valence-electron chi connectivity index (χ3n) is 4.42. The predicted octanol–water partition coefficient (Wildman–Crippen LogP) is 2.49. The monoisotopic (exact) mass is 261 g/mol. The molecule has 0 spiro atoms. The van der Waals surface area contributed by atoms with Crippen LogP contribution in [0.2, 0.25) is 0 Å². The summed E-state index contributed by atoms with van der Waals surface area (Å²) in [5.74, 6) is 1.53. The summed E-state index contributed by atoms with van der Waals surface area (Å²) in [6.45, 7) is 1.67. The van der Waals surface area contributed by atoms with Gasteiger partial charge in [0.05, 0.1) is 11.8 Å². The molecule has 1 atom stereocenters. The Morgan fingerprint density at radius 1 is 1.00 bits per heavy atom. The van der Waals surface area contributed by atoms with Gasteiger partial charge < -0.3 is 10.0 Å². The van der Waals surface area contributed by atoms with Gasteiger partial charge in [0.15, 0.2) is 5.82 Å². The molecule has 2 aliphatic rings. The van der Waals surface area contributed by atoms with Crippen molar-refractivity contribution in [2.24, 2.45) is 0 Å². The molecule has 0 bridgehead atoms. The van der Waals surface area contributed by atoms with Crippen LogP contribution in [0.4, 0.5) is 5.82 Å². The topological polar surface area (TPSA) is 49.2 Å². The zero-order chi connectivity index (χ0) is 13.1. The Labute approximate surface area is 114 Å². The van der Waals surface area contributed by atoms with E-state index in [4.69, 9.17) is 0 Å². The van der Waals surface area contributed by atoms with E-state index < -0.39 is 0 Å². The van der Waals surface area contributed by atoms with Gasteiger partial charge in [-0.2, -0.15) is 5.10 Å². The third kappa shape index (κ3) is 3.06. The lowest BCUT2D eigenvalue weighted by Crippen LogP contribution is -2.38. The van der Waals surface area contributed by atoms with Crippen LogP contribution in [0.1, 0.15) is 56.6 Å². The van der Waals surface area contributed by atoms with Crippen molar-refractivity contribution in [3.05, 3.63) is 17.8 Å². The molecule has 19 heavy (non-hydrogen) atoms. The summed E-state index contributed by atoms with van der Waals surface area (Å²) in [6.07, 6.45) is 8.27. The quantitative estimate of drug-likeness (QED) is 0.888. The fourth-order valence-corrected chi connectivity index (χ4v) is 3.28. The Bertz CT molecular complexity index is 400. The van der Waals surface area contributed by atoms with Gasteiger partial charge >= 0.3 is 0 Å². The first kappa shape index (κ1) is 12.9. The van der Waals surface area contributed by atoms with Crippen molar-refractivity contribution in [1.29, 1.82) is 0 Å². The fourth-order valence-electron chi connectivity index (χ4n) is 3.28. The van der Waals surface area contributed by atoms with Crippen LogP contribution in [-0.2, 0) is 0 Å². The smallest absolute Gasteiger partial charge is 0.151 e. The third-order valence-corrected chi connectivity index (χ3v) is 4.42. The number of aliphatic hydroxyl groups is 1. The SMILES string of the molecule is OC1CCCN(c2ccc(C3CCCCC3)nn2)C1. The van der Waals surface area contributed by atoms with Crippen LogP contribution in [0.15, 0.2) is 12.1 Å². The largest absolute Gasteiger partial charge is 0.391 e. The van der Waals surface area contributed by atoms with Crippen LogP contribution in [0.3, 0.4) is 0 Å². The molecule has 1 N–H and O–H groups in total. The molecule has 2 heterocycles. The molecule has 4 nitrogen and oxygen atoms in total. The van der Waals surface area contributed by atoms with Crippen molar-refractivity contribution in [2.75, 3.05) is 18.0 Å². The van der Waals surface area contributed by atoms with Crippen molar-refractivity contribution in [3.63, 3.8) is 0 Å². The van der Waals surface area contributed by atoms with Gasteiger partial charge in [0.2, 0.25) is 0 Å². The second-order valence-electron chi connectivity index (χ2n) is 5.89. The zero-order valence-corrected chi connectivity index (χ0v) is 11.5. The van der Waals surface area contributed by atoms with Gasteiger partial charge in [-0.3, -0.25) is 0 Å². The Kier molecular flexibility index (Phi) is 3.97. The first-order valence-electron chi connectivity index (χ1n) is 7.59. The van der Waals surface area contributed by atoms with Crippen LogP contribution in [0.5, 0.6) is 0 Å². The number of aliphatic hydroxyl groups excluding tert-OH is 1. The molecule has 4 heteroatoms. The van der Waals surface area contributed by atoms with E-state index >= 15 is 0 Å². The Hall–Kier alpha value is -1.16. The number of aromatic nitrogens is 2. The van der Waals surface area contributed by atoms with E-state index in [1.807, 2.05) is 0 Å². The summed E-state index contributed by atoms with van der Waals surface area (Å²) in [4.78, 5) is 2.14. The molecule has 1 aromatic heterocycles. The lowest BCUT2D eigenvalue weighted by molar-refractivity contribution is 0.154. The first-order valence-corrected chi connectivity index (χ1v) is 7.59. The number of hydrogen-bond donors (Lipinski definition) is 1. The van der Waals surface area contributed by atoms with Crippen LogP contribution < -0.4 is 4.90 Å². The van der Waals surface area contributed by atoms with Gasteiger partial charge in [0, 0.05) is 19.0 Å². The van der Waals surface area contributed by atoms with E-state index in [0.717, 1.165) is 30.9 Å². The van der Waals surface area contributed by atoms with E-state index in [-0.39, 0.29) is 6.10 Å². The maximum absolute atomic E-state index is 9.71. The molecule has 0 aromatic carbocycles. The number of rotatable bonds is 2. The number of β-amino-alcohol motifs (C(OH)–C–C–N with tert-alkyl or cyclic N) is 1. The highest BCUT2D eigenvalue weighted by Gasteiger charge is 2.21. The number of anilines is 1. The van der Waals surface area contributed by atoms with Crippen molar-refractivity contribution in [1.82, 2.24) is 10.2 Å². The minimum absolute atomic E-state index is 0.214. The van der Waals surface area contributed by atoms with Crippen molar-refractivity contribution in [3.8, 4) is 0 Å². The predicted molar refractivity (Wildman–Crippen MR) is 75.3 cm³/mol. The minimum atomic E-state index is -0.214. The Balaban J connectivity index is 1.67. The van der Waals surface area contributed by atoms with Crippen LogP contribution in [0.25, 0.3) is 0 Å². The molecular weight excluding hydrogens is 238 g/mol. The minimum Gasteiger partial charge on any atom is -0.391 e. The van der Waals surface area contributed by atoms with Gasteiger partial charge in [0.1, 0.15) is 0 Å². The number of nitrogens with zero attached hydrogens (tertiary/aromatic N) is 3. The van der Waals surface area contributed by atoms with Gasteiger partial charge in [0.25, 0.3) is 0 Å². The molecule has 3 rings (SSSR count). The maximum Gasteiger partial charge on any atom is 0.151 e. The summed E-state index contributed by atoms with van der Waals surface area (Å²) in [6, 6.07) is 4.22. The van der Waals surface area contributed by atoms with Crippen LogP contribution in [0, 0.1) is 0 Å². The lowest BCUT2D eigenvalue weighted by Gasteiger charge is -2.30. The average molecular weight is 261 g/mol. The standard InChI is InChI=1S/C15H23N3O/c19-13-7-4-10-18(11-13)15-9-8-14(16-17-15)12-5-2-1-3-6-12/h8-9,12-13,19H,1-7,10-11H2. The molecule has 1 aliphatic carbocycles. The van der Waals surface area contributed by atoms with Gasteiger partial charge in [-0.1, -0.05) is 19.3 Å². The molecule has 1 saturated carbocycles. The van der Waals surface area contributed by atoms with Crippen LogP contribution >= 0.6 is 0 Å². The van der Waals surface area contributed by atoms with Crippen molar-refractivity contribution < 1.29 is 5.11 Å². The highest BCUT2D eigenvalue weighted by atomic mass is 16.3. The molecule has 1 unspecified atom stereocenters. The molecule has 2 fully saturated rings. The zero-order valence-electron chi connectivity index (χ0n) is 11.5. The normalized spacial score (nSPS) is 25.5. The summed E-state index contributed by atoms with van der Waals surface area (Å²) in [7, 11) is 0. The van der Waals surface area contributed by atoms with E-state index in [0.29, 0.717) is 12.5 Å². The second-order valence-corrected chi connectivity index (χ2v) is 5.89. The summed E-state index contributed by atoms with van der Waals surface area (Å²) < 4.78 is 0. The molecule has 1 aliphatic heterocycles. The summed E-state index contributed by atoms with van der Waals surface area (Å²) >= 11 is 0. The highest BCUT2D eigenvalue weighted by Crippen LogP contribution is 2.31. The molecule has 1 saturated heterocycles. The highest BCUT2D eigenvalue weighted by molar-refractivity contribution is 5.38. The van der Waals surface area contributed by atoms with E-state index in [9.17, 15) is 5.11 Å². The number of piperidine rings is 1. The molecule has 0 radical (unpaired) electrons. The van der Waals surface area contributed by atoms with Crippen molar-refractivity contribution in [2.45, 2.75) is 57.0 Å². The van der Waals surface area contributed by atoms with Gasteiger partial charge in [-0.25, -0.2) is 0 Å². The van der Waals surface area contributed by atoms with E-state index in [2.05, 4.69) is 27.2 Å². The number of hydrogen-bond acceptors (Lipinski definition) is 4. The molecule has 1 aromatic rings. The average Bonchev–Trinajstić information content (AvgIpc) is 2.48. The Morgan fingerprint density at radius 3 is 2.53 bits per heavy atom. The van der Waals surface area contributed by atoms with E-state index in [1.54, 1.807) is 0 Å². The molecule has 0 amide bonds. The molecule has 104 valence electrons. The van der Waals surface area contributed by atoms with Gasteiger partial charge in [-0.15, -0.1) is 5.10 Å². The summed E-state index contributed by atoms with van der Waals surface area (Å²) in [5.41, 5.74) is 1.15. The Morgan fingerprint density at radius 2 is 1.84 bits per heavy atom. The molecular formula is C15H23N3O. The maximum atomic E-state index is 9.71. The lowest BCUT2D eigenvalue weighted by atomic mass is 9.87. The first-order chi connectivity index (χ1) is 9.33. The summed E-state index contributed by atoms with van der Waals surface area (Å²) in [5, 5.41) is 18.5. The van der Waals surface area contributed by atoms with E-state index in [1.165, 1.54) is 32.1 Å². The second kappa shape index (κ2) is 5.87.